The molecule has 2 rings (SSSR count). The van der Waals surface area contributed by atoms with Gasteiger partial charge in [0.25, 0.3) is 0 Å². The Hall–Kier alpha value is -2.02. The molecule has 0 spiro atoms. The van der Waals surface area contributed by atoms with Gasteiger partial charge in [-0.25, -0.2) is 4.39 Å². The van der Waals surface area contributed by atoms with E-state index in [0.29, 0.717) is 5.75 Å². The van der Waals surface area contributed by atoms with Gasteiger partial charge >= 0.3 is 0 Å². The number of rotatable bonds is 8. The lowest BCUT2D eigenvalue weighted by Crippen LogP contribution is -2.43. The van der Waals surface area contributed by atoms with Gasteiger partial charge in [-0.15, -0.1) is 0 Å². The van der Waals surface area contributed by atoms with Crippen molar-refractivity contribution in [3.05, 3.63) is 52.6 Å². The number of aryl methyl sites for hydroxylation is 2. The van der Waals surface area contributed by atoms with Gasteiger partial charge in [0, 0.05) is 43.9 Å². The zero-order valence-electron chi connectivity index (χ0n) is 16.8. The number of hydrogen-bond acceptors (Lipinski definition) is 3. The van der Waals surface area contributed by atoms with Crippen LogP contribution >= 0.6 is 11.8 Å². The lowest BCUT2D eigenvalue weighted by Gasteiger charge is -2.18. The van der Waals surface area contributed by atoms with Gasteiger partial charge < -0.3 is 10.6 Å². The maximum atomic E-state index is 13.6. The van der Waals surface area contributed by atoms with Crippen LogP contribution in [0.15, 0.2) is 29.3 Å². The molecule has 2 N–H and O–H groups in total. The summed E-state index contributed by atoms with van der Waals surface area (Å²) in [6.07, 6.45) is 0.897. The van der Waals surface area contributed by atoms with Crippen molar-refractivity contribution in [1.82, 2.24) is 20.4 Å². The van der Waals surface area contributed by atoms with Crippen molar-refractivity contribution in [3.63, 3.8) is 0 Å². The maximum absolute atomic E-state index is 13.6. The second-order valence-electron chi connectivity index (χ2n) is 6.67. The van der Waals surface area contributed by atoms with Crippen LogP contribution in [0.2, 0.25) is 0 Å². The molecular formula is C20H30FN5S. The number of nitrogens with one attached hydrogen (secondary N) is 2. The van der Waals surface area contributed by atoms with Crippen LogP contribution in [0.25, 0.3) is 0 Å². The third-order valence-corrected chi connectivity index (χ3v) is 5.54. The van der Waals surface area contributed by atoms with Gasteiger partial charge in [0.05, 0.1) is 5.69 Å². The van der Waals surface area contributed by atoms with E-state index in [1.165, 1.54) is 17.3 Å². The van der Waals surface area contributed by atoms with Crippen molar-refractivity contribution in [2.75, 3.05) is 19.3 Å². The summed E-state index contributed by atoms with van der Waals surface area (Å²) < 4.78 is 15.5. The molecule has 1 atom stereocenters. The Morgan fingerprint density at radius 1 is 1.33 bits per heavy atom. The highest BCUT2D eigenvalue weighted by Gasteiger charge is 2.13. The molecule has 0 amide bonds. The van der Waals surface area contributed by atoms with Crippen LogP contribution in [0.5, 0.6) is 0 Å². The van der Waals surface area contributed by atoms with Crippen LogP contribution < -0.4 is 10.6 Å². The zero-order valence-corrected chi connectivity index (χ0v) is 17.7. The predicted molar refractivity (Wildman–Crippen MR) is 113 cm³/mol. The van der Waals surface area contributed by atoms with Crippen molar-refractivity contribution >= 4 is 17.7 Å². The molecule has 0 aliphatic rings. The standard InChI is InChI=1S/C20H30FN5S/c1-14(12-18-15(2)25-26(5)16(18)3)24-20(22-4)23-10-11-27-13-17-8-6-7-9-19(17)21/h6-9,14H,10-13H2,1-5H3,(H2,22,23,24). The Kier molecular flexibility index (Phi) is 8.16. The summed E-state index contributed by atoms with van der Waals surface area (Å²) in [5.41, 5.74) is 4.32. The van der Waals surface area contributed by atoms with Crippen molar-refractivity contribution in [2.45, 2.75) is 39.0 Å². The highest BCUT2D eigenvalue weighted by Crippen LogP contribution is 2.15. The minimum absolute atomic E-state index is 0.134. The largest absolute Gasteiger partial charge is 0.356 e. The molecule has 0 aliphatic carbocycles. The topological polar surface area (TPSA) is 54.2 Å². The summed E-state index contributed by atoms with van der Waals surface area (Å²) in [7, 11) is 3.75. The second-order valence-corrected chi connectivity index (χ2v) is 7.77. The van der Waals surface area contributed by atoms with Gasteiger partial charge in [0.2, 0.25) is 0 Å². The Bertz CT molecular complexity index is 772. The third kappa shape index (κ3) is 6.27. The summed E-state index contributed by atoms with van der Waals surface area (Å²) in [5.74, 6) is 2.21. The summed E-state index contributed by atoms with van der Waals surface area (Å²) in [6.45, 7) is 7.07. The summed E-state index contributed by atoms with van der Waals surface area (Å²) in [4.78, 5) is 4.29. The normalized spacial score (nSPS) is 12.9. The van der Waals surface area contributed by atoms with E-state index in [-0.39, 0.29) is 11.9 Å². The van der Waals surface area contributed by atoms with Crippen LogP contribution in [-0.4, -0.2) is 41.1 Å². The first-order chi connectivity index (χ1) is 12.9. The van der Waals surface area contributed by atoms with E-state index in [4.69, 9.17) is 0 Å². The number of nitrogens with zero attached hydrogens (tertiary/aromatic N) is 3. The lowest BCUT2D eigenvalue weighted by atomic mass is 10.1. The molecule has 1 aromatic carbocycles. The minimum atomic E-state index is -0.134. The summed E-state index contributed by atoms with van der Waals surface area (Å²) >= 11 is 1.70. The molecule has 148 valence electrons. The molecule has 0 saturated carbocycles. The van der Waals surface area contributed by atoms with Gasteiger partial charge in [-0.3, -0.25) is 9.67 Å². The number of aromatic nitrogens is 2. The van der Waals surface area contributed by atoms with Gasteiger partial charge in [0.1, 0.15) is 5.82 Å². The number of hydrogen-bond donors (Lipinski definition) is 2. The maximum Gasteiger partial charge on any atom is 0.191 e. The van der Waals surface area contributed by atoms with E-state index in [1.807, 2.05) is 23.9 Å². The third-order valence-electron chi connectivity index (χ3n) is 4.53. The quantitative estimate of drug-likeness (QED) is 0.412. The van der Waals surface area contributed by atoms with Crippen LogP contribution in [-0.2, 0) is 19.2 Å². The number of benzene rings is 1. The number of guanidine groups is 1. The van der Waals surface area contributed by atoms with Crippen molar-refractivity contribution in [2.24, 2.45) is 12.0 Å². The Morgan fingerprint density at radius 3 is 2.70 bits per heavy atom. The van der Waals surface area contributed by atoms with Crippen molar-refractivity contribution < 1.29 is 4.39 Å². The fourth-order valence-electron chi connectivity index (χ4n) is 2.94. The number of aliphatic imine (C=N–C) groups is 1. The first kappa shape index (κ1) is 21.3. The van der Waals surface area contributed by atoms with Crippen LogP contribution in [0, 0.1) is 19.7 Å². The predicted octanol–water partition coefficient (Wildman–Crippen LogP) is 3.21. The monoisotopic (exact) mass is 391 g/mol. The van der Waals surface area contributed by atoms with E-state index >= 15 is 0 Å². The van der Waals surface area contributed by atoms with Crippen LogP contribution in [0.3, 0.4) is 0 Å². The van der Waals surface area contributed by atoms with Gasteiger partial charge in [0.15, 0.2) is 5.96 Å². The molecule has 0 bridgehead atoms. The summed E-state index contributed by atoms with van der Waals surface area (Å²) in [5, 5.41) is 11.2. The Balaban J connectivity index is 1.73. The first-order valence-corrected chi connectivity index (χ1v) is 10.3. The summed E-state index contributed by atoms with van der Waals surface area (Å²) in [6, 6.07) is 7.17. The molecule has 1 unspecified atom stereocenters. The van der Waals surface area contributed by atoms with Crippen molar-refractivity contribution in [1.29, 1.82) is 0 Å². The van der Waals surface area contributed by atoms with Crippen LogP contribution in [0.1, 0.15) is 29.4 Å². The highest BCUT2D eigenvalue weighted by atomic mass is 32.2. The lowest BCUT2D eigenvalue weighted by molar-refractivity contribution is 0.617. The molecule has 27 heavy (non-hydrogen) atoms. The van der Waals surface area contributed by atoms with E-state index in [2.05, 4.69) is 41.5 Å². The van der Waals surface area contributed by atoms with Crippen LogP contribution in [0.4, 0.5) is 4.39 Å². The van der Waals surface area contributed by atoms with Gasteiger partial charge in [-0.1, -0.05) is 18.2 Å². The van der Waals surface area contributed by atoms with Crippen molar-refractivity contribution in [3.8, 4) is 0 Å². The number of halogens is 1. The van der Waals surface area contributed by atoms with Gasteiger partial charge in [-0.05, 0) is 44.4 Å². The van der Waals surface area contributed by atoms with E-state index in [9.17, 15) is 4.39 Å². The zero-order chi connectivity index (χ0) is 19.8. The van der Waals surface area contributed by atoms with E-state index in [1.54, 1.807) is 24.9 Å². The fraction of sp³-hybridized carbons (Fsp3) is 0.500. The highest BCUT2D eigenvalue weighted by molar-refractivity contribution is 7.98. The molecule has 2 aromatic rings. The molecular weight excluding hydrogens is 361 g/mol. The molecule has 0 fully saturated rings. The van der Waals surface area contributed by atoms with E-state index in [0.717, 1.165) is 35.9 Å². The molecule has 7 heteroatoms. The Labute approximate surface area is 165 Å². The second kappa shape index (κ2) is 10.3. The first-order valence-electron chi connectivity index (χ1n) is 9.19. The number of thioether (sulfide) groups is 1. The molecule has 5 nitrogen and oxygen atoms in total. The molecule has 0 saturated heterocycles. The molecule has 1 aromatic heterocycles. The fourth-order valence-corrected chi connectivity index (χ4v) is 3.78. The SMILES string of the molecule is CN=C(NCCSCc1ccccc1F)NC(C)Cc1c(C)nn(C)c1C. The van der Waals surface area contributed by atoms with Gasteiger partial charge in [-0.2, -0.15) is 16.9 Å². The Morgan fingerprint density at radius 2 is 2.07 bits per heavy atom. The smallest absolute Gasteiger partial charge is 0.191 e. The average molecular weight is 392 g/mol. The minimum Gasteiger partial charge on any atom is -0.356 e. The average Bonchev–Trinajstić information content (AvgIpc) is 2.88. The molecule has 0 radical (unpaired) electrons. The molecule has 1 heterocycles. The van der Waals surface area contributed by atoms with E-state index < -0.39 is 0 Å². The molecule has 0 aliphatic heterocycles.